The lowest BCUT2D eigenvalue weighted by atomic mass is 10.0. The van der Waals surface area contributed by atoms with Gasteiger partial charge in [-0.05, 0) is 31.4 Å². The summed E-state index contributed by atoms with van der Waals surface area (Å²) in [6.07, 6.45) is 4.44. The molecule has 1 amide bonds. The van der Waals surface area contributed by atoms with Crippen molar-refractivity contribution in [3.63, 3.8) is 0 Å². The third-order valence-electron chi connectivity index (χ3n) is 4.14. The molecule has 0 unspecified atom stereocenters. The number of aliphatic hydroxyl groups is 1. The topological polar surface area (TPSA) is 56.7 Å². The van der Waals surface area contributed by atoms with E-state index in [0.717, 1.165) is 25.2 Å². The molecular formula is C15H21N3O2. The van der Waals surface area contributed by atoms with Crippen molar-refractivity contribution >= 4 is 11.7 Å². The number of pyridine rings is 1. The maximum atomic E-state index is 12.0. The van der Waals surface area contributed by atoms with Crippen LogP contribution < -0.4 is 4.90 Å². The Morgan fingerprint density at radius 1 is 1.55 bits per heavy atom. The molecular weight excluding hydrogens is 254 g/mol. The van der Waals surface area contributed by atoms with Crippen LogP contribution >= 0.6 is 0 Å². The first-order valence-corrected chi connectivity index (χ1v) is 7.21. The number of amides is 1. The quantitative estimate of drug-likeness (QED) is 0.886. The monoisotopic (exact) mass is 275 g/mol. The van der Waals surface area contributed by atoms with Crippen molar-refractivity contribution in [2.45, 2.75) is 24.9 Å². The second-order valence-corrected chi connectivity index (χ2v) is 6.05. The molecule has 2 heterocycles. The first kappa shape index (κ1) is 13.4. The Labute approximate surface area is 119 Å². The summed E-state index contributed by atoms with van der Waals surface area (Å²) in [5.41, 5.74) is -0.823. The highest BCUT2D eigenvalue weighted by Gasteiger charge is 2.40. The normalized spacial score (nSPS) is 25.8. The van der Waals surface area contributed by atoms with E-state index in [1.54, 1.807) is 18.1 Å². The Morgan fingerprint density at radius 3 is 3.00 bits per heavy atom. The Kier molecular flexibility index (Phi) is 3.38. The Balaban J connectivity index is 1.61. The van der Waals surface area contributed by atoms with Gasteiger partial charge in [0.2, 0.25) is 5.91 Å². The second-order valence-electron chi connectivity index (χ2n) is 6.05. The maximum absolute atomic E-state index is 12.0. The van der Waals surface area contributed by atoms with Crippen molar-refractivity contribution in [1.82, 2.24) is 9.88 Å². The van der Waals surface area contributed by atoms with Gasteiger partial charge in [0.15, 0.2) is 0 Å². The number of nitrogens with zero attached hydrogens (tertiary/aromatic N) is 3. The predicted molar refractivity (Wildman–Crippen MR) is 76.4 cm³/mol. The second kappa shape index (κ2) is 5.05. The molecule has 5 nitrogen and oxygen atoms in total. The lowest BCUT2D eigenvalue weighted by molar-refractivity contribution is -0.134. The number of hydrogen-bond acceptors (Lipinski definition) is 4. The van der Waals surface area contributed by atoms with Crippen molar-refractivity contribution in [2.24, 2.45) is 5.92 Å². The number of carbonyl (C=O) groups excluding carboxylic acids is 1. The van der Waals surface area contributed by atoms with E-state index in [-0.39, 0.29) is 11.8 Å². The van der Waals surface area contributed by atoms with Crippen LogP contribution in [0.4, 0.5) is 5.82 Å². The number of anilines is 1. The van der Waals surface area contributed by atoms with Gasteiger partial charge < -0.3 is 14.9 Å². The molecule has 1 saturated carbocycles. The molecule has 1 N–H and O–H groups in total. The van der Waals surface area contributed by atoms with Gasteiger partial charge in [-0.15, -0.1) is 0 Å². The van der Waals surface area contributed by atoms with E-state index in [1.165, 1.54) is 0 Å². The molecule has 1 atom stereocenters. The van der Waals surface area contributed by atoms with Gasteiger partial charge in [-0.1, -0.05) is 6.07 Å². The fourth-order valence-electron chi connectivity index (χ4n) is 2.88. The van der Waals surface area contributed by atoms with Gasteiger partial charge in [0, 0.05) is 32.3 Å². The predicted octanol–water partition coefficient (Wildman–Crippen LogP) is 0.891. The summed E-state index contributed by atoms with van der Waals surface area (Å²) >= 11 is 0. The van der Waals surface area contributed by atoms with Gasteiger partial charge >= 0.3 is 0 Å². The molecule has 0 spiro atoms. The van der Waals surface area contributed by atoms with Crippen LogP contribution in [0.5, 0.6) is 0 Å². The molecule has 1 aromatic rings. The van der Waals surface area contributed by atoms with E-state index < -0.39 is 5.60 Å². The van der Waals surface area contributed by atoms with Crippen molar-refractivity contribution in [2.75, 3.05) is 31.6 Å². The van der Waals surface area contributed by atoms with Crippen LogP contribution in [0.3, 0.4) is 0 Å². The average Bonchev–Trinajstić information content (AvgIpc) is 3.22. The molecule has 20 heavy (non-hydrogen) atoms. The lowest BCUT2D eigenvalue weighted by Crippen LogP contribution is -2.46. The standard InChI is InChI=1S/C15H21N3O2/c1-17(14(19)12-5-6-12)10-15(20)7-9-18(11-15)13-4-2-3-8-16-13/h2-4,8,12,20H,5-7,9-11H2,1H3/t15-/m0/s1. The molecule has 1 aliphatic carbocycles. The van der Waals surface area contributed by atoms with Crippen LogP contribution in [0.25, 0.3) is 0 Å². The maximum Gasteiger partial charge on any atom is 0.225 e. The van der Waals surface area contributed by atoms with Gasteiger partial charge in [0.25, 0.3) is 0 Å². The zero-order chi connectivity index (χ0) is 14.2. The van der Waals surface area contributed by atoms with Gasteiger partial charge in [-0.3, -0.25) is 4.79 Å². The van der Waals surface area contributed by atoms with Crippen LogP contribution in [0, 0.1) is 5.92 Å². The van der Waals surface area contributed by atoms with E-state index in [1.807, 2.05) is 18.2 Å². The minimum absolute atomic E-state index is 0.176. The number of carbonyl (C=O) groups is 1. The van der Waals surface area contributed by atoms with E-state index in [9.17, 15) is 9.90 Å². The molecule has 1 saturated heterocycles. The molecule has 5 heteroatoms. The first-order valence-electron chi connectivity index (χ1n) is 7.21. The molecule has 2 fully saturated rings. The highest BCUT2D eigenvalue weighted by molar-refractivity contribution is 5.80. The SMILES string of the molecule is CN(C[C@@]1(O)CCN(c2ccccn2)C1)C(=O)C1CC1. The zero-order valence-electron chi connectivity index (χ0n) is 11.8. The van der Waals surface area contributed by atoms with E-state index in [2.05, 4.69) is 9.88 Å². The van der Waals surface area contributed by atoms with E-state index >= 15 is 0 Å². The minimum Gasteiger partial charge on any atom is -0.386 e. The minimum atomic E-state index is -0.823. The van der Waals surface area contributed by atoms with Crippen LogP contribution in [0.1, 0.15) is 19.3 Å². The van der Waals surface area contributed by atoms with Crippen LogP contribution in [0.2, 0.25) is 0 Å². The molecule has 108 valence electrons. The van der Waals surface area contributed by atoms with Crippen LogP contribution in [-0.4, -0.2) is 53.2 Å². The Hall–Kier alpha value is -1.62. The smallest absolute Gasteiger partial charge is 0.225 e. The summed E-state index contributed by atoms with van der Waals surface area (Å²) in [6, 6.07) is 5.78. The molecule has 0 bridgehead atoms. The molecule has 3 rings (SSSR count). The van der Waals surface area contributed by atoms with Gasteiger partial charge in [-0.25, -0.2) is 4.98 Å². The molecule has 1 aliphatic heterocycles. The number of hydrogen-bond donors (Lipinski definition) is 1. The number of β-amino-alcohol motifs (C(OH)–C–C–N with tert-alkyl or cyclic N) is 1. The molecule has 0 aromatic carbocycles. The van der Waals surface area contributed by atoms with Crippen molar-refractivity contribution in [3.05, 3.63) is 24.4 Å². The summed E-state index contributed by atoms with van der Waals surface area (Å²) in [7, 11) is 1.79. The number of likely N-dealkylation sites (N-methyl/N-ethyl adjacent to an activating group) is 1. The summed E-state index contributed by atoms with van der Waals surface area (Å²) in [4.78, 5) is 20.1. The molecule has 0 radical (unpaired) electrons. The fourth-order valence-corrected chi connectivity index (χ4v) is 2.88. The third-order valence-corrected chi connectivity index (χ3v) is 4.14. The molecule has 2 aliphatic rings. The third kappa shape index (κ3) is 2.77. The van der Waals surface area contributed by atoms with E-state index in [4.69, 9.17) is 0 Å². The van der Waals surface area contributed by atoms with Crippen LogP contribution in [-0.2, 0) is 4.79 Å². The fraction of sp³-hybridized carbons (Fsp3) is 0.600. The van der Waals surface area contributed by atoms with Crippen LogP contribution in [0.15, 0.2) is 24.4 Å². The summed E-state index contributed by atoms with van der Waals surface area (Å²) in [6.45, 7) is 1.72. The van der Waals surface area contributed by atoms with Gasteiger partial charge in [-0.2, -0.15) is 0 Å². The van der Waals surface area contributed by atoms with Crippen molar-refractivity contribution in [3.8, 4) is 0 Å². The summed E-state index contributed by atoms with van der Waals surface area (Å²) in [5.74, 6) is 1.27. The Bertz CT molecular complexity index is 489. The largest absolute Gasteiger partial charge is 0.386 e. The number of aromatic nitrogens is 1. The highest BCUT2D eigenvalue weighted by atomic mass is 16.3. The first-order chi connectivity index (χ1) is 9.57. The zero-order valence-corrected chi connectivity index (χ0v) is 11.8. The summed E-state index contributed by atoms with van der Waals surface area (Å²) < 4.78 is 0. The molecule has 1 aromatic heterocycles. The van der Waals surface area contributed by atoms with Crippen molar-refractivity contribution < 1.29 is 9.90 Å². The van der Waals surface area contributed by atoms with E-state index in [0.29, 0.717) is 19.5 Å². The Morgan fingerprint density at radius 2 is 2.35 bits per heavy atom. The van der Waals surface area contributed by atoms with Crippen molar-refractivity contribution in [1.29, 1.82) is 0 Å². The lowest BCUT2D eigenvalue weighted by Gasteiger charge is -2.29. The number of rotatable bonds is 4. The van der Waals surface area contributed by atoms with Gasteiger partial charge in [0.1, 0.15) is 11.4 Å². The average molecular weight is 275 g/mol. The summed E-state index contributed by atoms with van der Waals surface area (Å²) in [5, 5.41) is 10.7. The van der Waals surface area contributed by atoms with Gasteiger partial charge in [0.05, 0.1) is 6.54 Å². The highest BCUT2D eigenvalue weighted by Crippen LogP contribution is 2.32.